The Morgan fingerprint density at radius 2 is 1.87 bits per heavy atom. The fourth-order valence-electron chi connectivity index (χ4n) is 3.44. The van der Waals surface area contributed by atoms with Crippen LogP contribution in [0.5, 0.6) is 0 Å². The Balaban J connectivity index is 1.64. The third-order valence-corrected chi connectivity index (χ3v) is 6.93. The molecule has 158 valence electrons. The summed E-state index contributed by atoms with van der Waals surface area (Å²) in [6, 6.07) is 10.5. The molecule has 3 aromatic rings. The lowest BCUT2D eigenvalue weighted by Crippen LogP contribution is -2.30. The molecule has 0 unspecified atom stereocenters. The van der Waals surface area contributed by atoms with E-state index in [1.54, 1.807) is 24.3 Å². The predicted molar refractivity (Wildman–Crippen MR) is 102 cm³/mol. The SMILES string of the molecule is Cc1ccc(S(=O)(=O)N2CCC[C@H]2c2nc(-c3cccc(C(F)(F)F)c3)no2)cc1. The molecule has 10 heteroatoms. The van der Waals surface area contributed by atoms with Gasteiger partial charge in [-0.3, -0.25) is 0 Å². The average molecular weight is 437 g/mol. The summed E-state index contributed by atoms with van der Waals surface area (Å²) in [6.07, 6.45) is -3.40. The Hall–Kier alpha value is -2.72. The maximum Gasteiger partial charge on any atom is 0.416 e. The van der Waals surface area contributed by atoms with Gasteiger partial charge in [-0.25, -0.2) is 8.42 Å². The van der Waals surface area contributed by atoms with E-state index in [1.807, 2.05) is 6.92 Å². The Labute approximate surface area is 171 Å². The highest BCUT2D eigenvalue weighted by molar-refractivity contribution is 7.89. The van der Waals surface area contributed by atoms with Crippen LogP contribution in [0.3, 0.4) is 0 Å². The van der Waals surface area contributed by atoms with E-state index in [9.17, 15) is 21.6 Å². The van der Waals surface area contributed by atoms with Crippen molar-refractivity contribution in [1.82, 2.24) is 14.4 Å². The van der Waals surface area contributed by atoms with E-state index >= 15 is 0 Å². The normalized spacial score (nSPS) is 18.1. The van der Waals surface area contributed by atoms with Gasteiger partial charge < -0.3 is 4.52 Å². The molecule has 6 nitrogen and oxygen atoms in total. The maximum atomic E-state index is 13.1. The minimum atomic E-state index is -4.49. The Kier molecular flexibility index (Phi) is 5.15. The second-order valence-electron chi connectivity index (χ2n) is 7.12. The molecule has 1 aliphatic heterocycles. The third-order valence-electron chi connectivity index (χ3n) is 5.01. The predicted octanol–water partition coefficient (Wildman–Crippen LogP) is 4.59. The molecule has 0 N–H and O–H groups in total. The van der Waals surface area contributed by atoms with Crippen LogP contribution >= 0.6 is 0 Å². The summed E-state index contributed by atoms with van der Waals surface area (Å²) >= 11 is 0. The lowest BCUT2D eigenvalue weighted by atomic mass is 10.1. The first-order valence-corrected chi connectivity index (χ1v) is 10.7. The number of alkyl halides is 3. The zero-order chi connectivity index (χ0) is 21.5. The smallest absolute Gasteiger partial charge is 0.337 e. The number of aromatic nitrogens is 2. The summed E-state index contributed by atoms with van der Waals surface area (Å²) in [6.45, 7) is 2.16. The van der Waals surface area contributed by atoms with Gasteiger partial charge in [-0.15, -0.1) is 0 Å². The number of rotatable bonds is 4. The van der Waals surface area contributed by atoms with E-state index in [-0.39, 0.29) is 22.2 Å². The van der Waals surface area contributed by atoms with Gasteiger partial charge in [0.1, 0.15) is 6.04 Å². The van der Waals surface area contributed by atoms with Crippen LogP contribution in [-0.4, -0.2) is 29.4 Å². The molecule has 1 aliphatic rings. The number of hydrogen-bond acceptors (Lipinski definition) is 5. The number of hydrogen-bond donors (Lipinski definition) is 0. The first kappa shape index (κ1) is 20.5. The van der Waals surface area contributed by atoms with Crippen molar-refractivity contribution in [2.45, 2.75) is 36.9 Å². The van der Waals surface area contributed by atoms with Crippen molar-refractivity contribution in [3.8, 4) is 11.4 Å². The van der Waals surface area contributed by atoms with Crippen LogP contribution in [-0.2, 0) is 16.2 Å². The minimum Gasteiger partial charge on any atom is -0.337 e. The fraction of sp³-hybridized carbons (Fsp3) is 0.300. The minimum absolute atomic E-state index is 0.0179. The van der Waals surface area contributed by atoms with Crippen LogP contribution < -0.4 is 0 Å². The molecule has 1 fully saturated rings. The molecular weight excluding hydrogens is 419 g/mol. The molecule has 4 rings (SSSR count). The van der Waals surface area contributed by atoms with Gasteiger partial charge in [0.25, 0.3) is 0 Å². The second-order valence-corrected chi connectivity index (χ2v) is 9.01. The average Bonchev–Trinajstić information content (AvgIpc) is 3.37. The summed E-state index contributed by atoms with van der Waals surface area (Å²) in [5.74, 6) is 0.0475. The fourth-order valence-corrected chi connectivity index (χ4v) is 5.09. The van der Waals surface area contributed by atoms with Crippen LogP contribution in [0.1, 0.15) is 35.9 Å². The van der Waals surface area contributed by atoms with Gasteiger partial charge >= 0.3 is 6.18 Å². The van der Waals surface area contributed by atoms with Crippen molar-refractivity contribution in [2.75, 3.05) is 6.54 Å². The molecule has 30 heavy (non-hydrogen) atoms. The molecule has 0 spiro atoms. The molecule has 0 amide bonds. The quantitative estimate of drug-likeness (QED) is 0.597. The first-order valence-electron chi connectivity index (χ1n) is 9.26. The van der Waals surface area contributed by atoms with Crippen LogP contribution in [0.15, 0.2) is 57.9 Å². The number of aryl methyl sites for hydroxylation is 1. The summed E-state index contributed by atoms with van der Waals surface area (Å²) in [5.41, 5.74) is 0.260. The molecule has 0 saturated carbocycles. The Morgan fingerprint density at radius 3 is 2.57 bits per heavy atom. The summed E-state index contributed by atoms with van der Waals surface area (Å²) in [4.78, 5) is 4.37. The highest BCUT2D eigenvalue weighted by Crippen LogP contribution is 2.37. The van der Waals surface area contributed by atoms with Crippen molar-refractivity contribution >= 4 is 10.0 Å². The van der Waals surface area contributed by atoms with Crippen LogP contribution in [0.2, 0.25) is 0 Å². The van der Waals surface area contributed by atoms with E-state index < -0.39 is 27.8 Å². The molecule has 1 atom stereocenters. The van der Waals surface area contributed by atoms with Crippen molar-refractivity contribution in [3.63, 3.8) is 0 Å². The molecule has 1 aromatic heterocycles. The molecule has 2 aromatic carbocycles. The van der Waals surface area contributed by atoms with E-state index in [4.69, 9.17) is 4.52 Å². The van der Waals surface area contributed by atoms with Gasteiger partial charge in [-0.2, -0.15) is 22.5 Å². The lowest BCUT2D eigenvalue weighted by molar-refractivity contribution is -0.137. The van der Waals surface area contributed by atoms with E-state index in [0.29, 0.717) is 19.4 Å². The summed E-state index contributed by atoms with van der Waals surface area (Å²) in [5, 5.41) is 3.78. The lowest BCUT2D eigenvalue weighted by Gasteiger charge is -2.21. The van der Waals surface area contributed by atoms with Gasteiger partial charge in [-0.1, -0.05) is 35.0 Å². The van der Waals surface area contributed by atoms with Crippen LogP contribution in [0.4, 0.5) is 13.2 Å². The molecule has 1 saturated heterocycles. The molecular formula is C20H18F3N3O3S. The van der Waals surface area contributed by atoms with E-state index in [2.05, 4.69) is 10.1 Å². The number of nitrogens with zero attached hydrogens (tertiary/aromatic N) is 3. The highest BCUT2D eigenvalue weighted by Gasteiger charge is 2.39. The van der Waals surface area contributed by atoms with Crippen LogP contribution in [0, 0.1) is 6.92 Å². The monoisotopic (exact) mass is 437 g/mol. The van der Waals surface area contributed by atoms with Crippen molar-refractivity contribution in [1.29, 1.82) is 0 Å². The Bertz CT molecular complexity index is 1160. The molecule has 2 heterocycles. The Morgan fingerprint density at radius 1 is 1.13 bits per heavy atom. The first-order chi connectivity index (χ1) is 14.2. The largest absolute Gasteiger partial charge is 0.416 e. The van der Waals surface area contributed by atoms with Gasteiger partial charge in [0.15, 0.2) is 0 Å². The van der Waals surface area contributed by atoms with Crippen molar-refractivity contribution in [3.05, 3.63) is 65.5 Å². The van der Waals surface area contributed by atoms with Gasteiger partial charge in [0.2, 0.25) is 21.7 Å². The number of benzene rings is 2. The number of halogens is 3. The van der Waals surface area contributed by atoms with Gasteiger partial charge in [0.05, 0.1) is 10.5 Å². The molecule has 0 radical (unpaired) electrons. The topological polar surface area (TPSA) is 76.3 Å². The zero-order valence-corrected chi connectivity index (χ0v) is 16.7. The van der Waals surface area contributed by atoms with Crippen molar-refractivity contribution in [2.24, 2.45) is 0 Å². The van der Waals surface area contributed by atoms with E-state index in [1.165, 1.54) is 16.4 Å². The maximum absolute atomic E-state index is 13.1. The standard InChI is InChI=1S/C20H18F3N3O3S/c1-13-7-9-16(10-8-13)30(27,28)26-11-3-6-17(26)19-24-18(25-29-19)14-4-2-5-15(12-14)20(21,22)23/h2,4-5,7-10,12,17H,3,6,11H2,1H3/t17-/m0/s1. The second kappa shape index (κ2) is 7.51. The number of sulfonamides is 1. The highest BCUT2D eigenvalue weighted by atomic mass is 32.2. The summed E-state index contributed by atoms with van der Waals surface area (Å²) in [7, 11) is -3.78. The van der Waals surface area contributed by atoms with Crippen molar-refractivity contribution < 1.29 is 26.1 Å². The molecule has 0 aliphatic carbocycles. The summed E-state index contributed by atoms with van der Waals surface area (Å²) < 4.78 is 71.6. The van der Waals surface area contributed by atoms with Gasteiger partial charge in [-0.05, 0) is 44.0 Å². The van der Waals surface area contributed by atoms with Gasteiger partial charge in [0, 0.05) is 12.1 Å². The third kappa shape index (κ3) is 3.84. The molecule has 0 bridgehead atoms. The zero-order valence-electron chi connectivity index (χ0n) is 15.9. The van der Waals surface area contributed by atoms with Crippen LogP contribution in [0.25, 0.3) is 11.4 Å². The van der Waals surface area contributed by atoms with E-state index in [0.717, 1.165) is 17.7 Å².